The number of aryl methyl sites for hydroxylation is 1. The fourth-order valence-electron chi connectivity index (χ4n) is 3.36. The molecular formula is C22H23N5O. The van der Waals surface area contributed by atoms with Gasteiger partial charge in [0.15, 0.2) is 11.6 Å². The zero-order valence-electron chi connectivity index (χ0n) is 15.9. The summed E-state index contributed by atoms with van der Waals surface area (Å²) in [6.45, 7) is 5.78. The molecule has 1 aliphatic heterocycles. The van der Waals surface area contributed by atoms with Crippen molar-refractivity contribution in [3.8, 4) is 0 Å². The molecule has 0 saturated carbocycles. The molecular weight excluding hydrogens is 350 g/mol. The Morgan fingerprint density at radius 1 is 0.857 bits per heavy atom. The van der Waals surface area contributed by atoms with Gasteiger partial charge in [0.25, 0.3) is 5.91 Å². The molecule has 1 saturated heterocycles. The summed E-state index contributed by atoms with van der Waals surface area (Å²) in [5.41, 5.74) is 3.14. The SMILES string of the molecule is Cc1cccc(N2CCN(c3ccc(NC(=O)c4ccccc4)nn3)CC2)c1. The normalized spacial score (nSPS) is 14.0. The summed E-state index contributed by atoms with van der Waals surface area (Å²) in [4.78, 5) is 16.8. The van der Waals surface area contributed by atoms with E-state index in [9.17, 15) is 4.79 Å². The first kappa shape index (κ1) is 18.0. The monoisotopic (exact) mass is 373 g/mol. The number of nitrogens with zero attached hydrogens (tertiary/aromatic N) is 4. The Morgan fingerprint density at radius 2 is 1.61 bits per heavy atom. The summed E-state index contributed by atoms with van der Waals surface area (Å²) >= 11 is 0. The standard InChI is InChI=1S/C22H23N5O/c1-17-6-5-9-19(16-17)26-12-14-27(15-13-26)21-11-10-20(24-25-21)23-22(28)18-7-3-2-4-8-18/h2-11,16H,12-15H2,1H3,(H,23,24,28). The molecule has 1 N–H and O–H groups in total. The topological polar surface area (TPSA) is 61.4 Å². The Bertz CT molecular complexity index is 935. The second-order valence-corrected chi connectivity index (χ2v) is 6.91. The van der Waals surface area contributed by atoms with Gasteiger partial charge in [-0.1, -0.05) is 30.3 Å². The van der Waals surface area contributed by atoms with Crippen LogP contribution in [0.4, 0.5) is 17.3 Å². The number of anilines is 3. The van der Waals surface area contributed by atoms with Gasteiger partial charge in [0.1, 0.15) is 0 Å². The van der Waals surface area contributed by atoms with Crippen LogP contribution in [-0.4, -0.2) is 42.3 Å². The van der Waals surface area contributed by atoms with Crippen LogP contribution in [0.3, 0.4) is 0 Å². The first-order valence-electron chi connectivity index (χ1n) is 9.46. The summed E-state index contributed by atoms with van der Waals surface area (Å²) in [6.07, 6.45) is 0. The molecule has 1 aromatic heterocycles. The average Bonchev–Trinajstić information content (AvgIpc) is 2.75. The molecule has 1 amide bonds. The first-order valence-corrected chi connectivity index (χ1v) is 9.46. The van der Waals surface area contributed by atoms with Crippen LogP contribution in [0, 0.1) is 6.92 Å². The fourth-order valence-corrected chi connectivity index (χ4v) is 3.36. The lowest BCUT2D eigenvalue weighted by Crippen LogP contribution is -2.46. The Labute approximate surface area is 164 Å². The Kier molecular flexibility index (Phi) is 5.19. The highest BCUT2D eigenvalue weighted by Crippen LogP contribution is 2.20. The van der Waals surface area contributed by atoms with E-state index in [0.29, 0.717) is 11.4 Å². The van der Waals surface area contributed by atoms with Crippen LogP contribution in [0.5, 0.6) is 0 Å². The van der Waals surface area contributed by atoms with Crippen LogP contribution in [0.25, 0.3) is 0 Å². The third-order valence-corrected chi connectivity index (χ3v) is 4.90. The van der Waals surface area contributed by atoms with Gasteiger partial charge in [-0.2, -0.15) is 0 Å². The predicted molar refractivity (Wildman–Crippen MR) is 112 cm³/mol. The number of hydrogen-bond donors (Lipinski definition) is 1. The maximum absolute atomic E-state index is 12.2. The molecule has 1 aliphatic rings. The zero-order valence-corrected chi connectivity index (χ0v) is 15.9. The van der Waals surface area contributed by atoms with Crippen LogP contribution in [0.2, 0.25) is 0 Å². The summed E-state index contributed by atoms with van der Waals surface area (Å²) in [7, 11) is 0. The van der Waals surface area contributed by atoms with Crippen molar-refractivity contribution in [1.29, 1.82) is 0 Å². The Morgan fingerprint density at radius 3 is 2.29 bits per heavy atom. The van der Waals surface area contributed by atoms with Crippen molar-refractivity contribution >= 4 is 23.2 Å². The van der Waals surface area contributed by atoms with Gasteiger partial charge in [-0.05, 0) is 48.9 Å². The van der Waals surface area contributed by atoms with Crippen molar-refractivity contribution < 1.29 is 4.79 Å². The number of benzene rings is 2. The van der Waals surface area contributed by atoms with Crippen molar-refractivity contribution in [2.75, 3.05) is 41.3 Å². The van der Waals surface area contributed by atoms with Crippen LogP contribution < -0.4 is 15.1 Å². The predicted octanol–water partition coefficient (Wildman–Crippen LogP) is 3.36. The van der Waals surface area contributed by atoms with E-state index in [0.717, 1.165) is 32.0 Å². The van der Waals surface area contributed by atoms with Crippen molar-refractivity contribution in [3.63, 3.8) is 0 Å². The molecule has 0 aliphatic carbocycles. The van der Waals surface area contributed by atoms with Gasteiger partial charge < -0.3 is 15.1 Å². The molecule has 142 valence electrons. The average molecular weight is 373 g/mol. The minimum absolute atomic E-state index is 0.186. The smallest absolute Gasteiger partial charge is 0.256 e. The third kappa shape index (κ3) is 4.11. The summed E-state index contributed by atoms with van der Waals surface area (Å²) in [5, 5.41) is 11.3. The maximum Gasteiger partial charge on any atom is 0.256 e. The highest BCUT2D eigenvalue weighted by molar-refractivity contribution is 6.03. The van der Waals surface area contributed by atoms with Gasteiger partial charge in [0.2, 0.25) is 0 Å². The molecule has 1 fully saturated rings. The quantitative estimate of drug-likeness (QED) is 0.760. The summed E-state index contributed by atoms with van der Waals surface area (Å²) in [6, 6.07) is 21.4. The van der Waals surface area contributed by atoms with Crippen molar-refractivity contribution in [3.05, 3.63) is 77.9 Å². The van der Waals surface area contributed by atoms with E-state index < -0.39 is 0 Å². The van der Waals surface area contributed by atoms with Gasteiger partial charge in [-0.15, -0.1) is 10.2 Å². The molecule has 2 aromatic carbocycles. The van der Waals surface area contributed by atoms with Crippen LogP contribution in [-0.2, 0) is 0 Å². The lowest BCUT2D eigenvalue weighted by molar-refractivity contribution is 0.102. The number of rotatable bonds is 4. The molecule has 0 unspecified atom stereocenters. The van der Waals surface area contributed by atoms with Gasteiger partial charge in [-0.25, -0.2) is 0 Å². The third-order valence-electron chi connectivity index (χ3n) is 4.90. The van der Waals surface area contributed by atoms with Crippen LogP contribution >= 0.6 is 0 Å². The van der Waals surface area contributed by atoms with E-state index in [1.54, 1.807) is 18.2 Å². The first-order chi connectivity index (χ1) is 13.7. The molecule has 0 spiro atoms. The van der Waals surface area contributed by atoms with E-state index >= 15 is 0 Å². The summed E-state index contributed by atoms with van der Waals surface area (Å²) < 4.78 is 0. The van der Waals surface area contributed by atoms with Gasteiger partial charge >= 0.3 is 0 Å². The van der Waals surface area contributed by atoms with E-state index in [4.69, 9.17) is 0 Å². The number of aromatic nitrogens is 2. The molecule has 0 bridgehead atoms. The molecule has 0 atom stereocenters. The lowest BCUT2D eigenvalue weighted by atomic mass is 10.2. The second kappa shape index (κ2) is 8.08. The highest BCUT2D eigenvalue weighted by Gasteiger charge is 2.19. The number of amides is 1. The zero-order chi connectivity index (χ0) is 19.3. The number of nitrogens with one attached hydrogen (secondary N) is 1. The fraction of sp³-hybridized carbons (Fsp3) is 0.227. The minimum atomic E-state index is -0.186. The number of carbonyl (C=O) groups excluding carboxylic acids is 1. The van der Waals surface area contributed by atoms with Crippen molar-refractivity contribution in [2.24, 2.45) is 0 Å². The van der Waals surface area contributed by atoms with Gasteiger partial charge in [0.05, 0.1) is 0 Å². The lowest BCUT2D eigenvalue weighted by Gasteiger charge is -2.36. The van der Waals surface area contributed by atoms with E-state index in [-0.39, 0.29) is 5.91 Å². The summed E-state index contributed by atoms with van der Waals surface area (Å²) in [5.74, 6) is 1.10. The highest BCUT2D eigenvalue weighted by atomic mass is 16.1. The van der Waals surface area contributed by atoms with Crippen LogP contribution in [0.1, 0.15) is 15.9 Å². The molecule has 6 nitrogen and oxygen atoms in total. The van der Waals surface area contributed by atoms with E-state index in [2.05, 4.69) is 56.5 Å². The molecule has 4 rings (SSSR count). The molecule has 6 heteroatoms. The molecule has 3 aromatic rings. The second-order valence-electron chi connectivity index (χ2n) is 6.91. The van der Waals surface area contributed by atoms with Crippen LogP contribution in [0.15, 0.2) is 66.7 Å². The molecule has 0 radical (unpaired) electrons. The molecule has 2 heterocycles. The largest absolute Gasteiger partial charge is 0.368 e. The van der Waals surface area contributed by atoms with E-state index in [1.165, 1.54) is 11.3 Å². The Balaban J connectivity index is 1.35. The van der Waals surface area contributed by atoms with Gasteiger partial charge in [0, 0.05) is 37.4 Å². The maximum atomic E-state index is 12.2. The van der Waals surface area contributed by atoms with Gasteiger partial charge in [-0.3, -0.25) is 4.79 Å². The Hall–Kier alpha value is -3.41. The molecule has 28 heavy (non-hydrogen) atoms. The van der Waals surface area contributed by atoms with E-state index in [1.807, 2.05) is 24.3 Å². The van der Waals surface area contributed by atoms with Crippen molar-refractivity contribution in [2.45, 2.75) is 6.92 Å². The number of hydrogen-bond acceptors (Lipinski definition) is 5. The number of piperazine rings is 1. The minimum Gasteiger partial charge on any atom is -0.368 e. The number of carbonyl (C=O) groups is 1. The van der Waals surface area contributed by atoms with Crippen molar-refractivity contribution in [1.82, 2.24) is 10.2 Å².